The predicted octanol–water partition coefficient (Wildman–Crippen LogP) is 3.72. The van der Waals surface area contributed by atoms with Crippen molar-refractivity contribution < 1.29 is 32.6 Å². The number of hydrogen-bond donors (Lipinski definition) is 3. The number of nitrogens with zero attached hydrogens (tertiary/aromatic N) is 3. The van der Waals surface area contributed by atoms with Crippen LogP contribution in [0.25, 0.3) is 11.0 Å². The summed E-state index contributed by atoms with van der Waals surface area (Å²) in [6, 6.07) is 10.3. The highest BCUT2D eigenvalue weighted by Crippen LogP contribution is 2.21. The Morgan fingerprint density at radius 3 is 2.67 bits per heavy atom. The van der Waals surface area contributed by atoms with E-state index < -0.39 is 35.2 Å². The number of H-pyrrole nitrogens is 1. The minimum atomic E-state index is -1.05. The summed E-state index contributed by atoms with van der Waals surface area (Å²) in [5.41, 5.74) is 0.884. The summed E-state index contributed by atoms with van der Waals surface area (Å²) in [5.74, 6) is -1.37. The number of pyridine rings is 1. The van der Waals surface area contributed by atoms with Crippen LogP contribution >= 0.6 is 0 Å². The molecule has 2 aromatic heterocycles. The molecule has 1 unspecified atom stereocenters. The number of hydrogen-bond acceptors (Lipinski definition) is 7. The highest BCUT2D eigenvalue weighted by molar-refractivity contribution is 5.96. The molecular weight excluding hydrogens is 590 g/mol. The van der Waals surface area contributed by atoms with Crippen LogP contribution < -0.4 is 20.9 Å². The van der Waals surface area contributed by atoms with Gasteiger partial charge >= 0.3 is 6.09 Å². The molecule has 236 valence electrons. The van der Waals surface area contributed by atoms with Crippen molar-refractivity contribution in [2.45, 2.75) is 32.0 Å². The lowest BCUT2D eigenvalue weighted by molar-refractivity contribution is -0.123. The Morgan fingerprint density at radius 1 is 1.13 bits per heavy atom. The van der Waals surface area contributed by atoms with E-state index >= 15 is 0 Å². The maximum Gasteiger partial charge on any atom is 0.407 e. The summed E-state index contributed by atoms with van der Waals surface area (Å²) in [4.78, 5) is 58.9. The quantitative estimate of drug-likeness (QED) is 0.204. The molecule has 0 aliphatic rings. The molecule has 12 nitrogen and oxygen atoms in total. The first kappa shape index (κ1) is 32.4. The number of amides is 3. The van der Waals surface area contributed by atoms with Gasteiger partial charge in [0.05, 0.1) is 24.7 Å². The maximum atomic E-state index is 13.9. The highest BCUT2D eigenvalue weighted by Gasteiger charge is 2.22. The number of aromatic amines is 1. The number of halogens is 2. The molecule has 4 aromatic rings. The van der Waals surface area contributed by atoms with Crippen molar-refractivity contribution in [2.75, 3.05) is 26.5 Å². The van der Waals surface area contributed by atoms with Crippen LogP contribution in [0.1, 0.15) is 24.2 Å². The molecule has 0 saturated heterocycles. The van der Waals surface area contributed by atoms with Crippen LogP contribution in [0.15, 0.2) is 71.7 Å². The fourth-order valence-corrected chi connectivity index (χ4v) is 4.21. The molecule has 2 heterocycles. The second-order valence-corrected chi connectivity index (χ2v) is 10.1. The smallest absolute Gasteiger partial charge is 0.407 e. The number of fused-ring (bicyclic) bond motifs is 1. The summed E-state index contributed by atoms with van der Waals surface area (Å²) >= 11 is 0. The topological polar surface area (TPSA) is 148 Å². The van der Waals surface area contributed by atoms with E-state index in [4.69, 9.17) is 4.74 Å². The lowest BCUT2D eigenvalue weighted by Gasteiger charge is -2.17. The van der Waals surface area contributed by atoms with Crippen LogP contribution in [0, 0.1) is 11.6 Å². The van der Waals surface area contributed by atoms with Crippen molar-refractivity contribution in [3.05, 3.63) is 100 Å². The van der Waals surface area contributed by atoms with Crippen LogP contribution in [0.5, 0.6) is 5.75 Å². The van der Waals surface area contributed by atoms with Crippen LogP contribution in [-0.4, -0.2) is 64.6 Å². The first-order chi connectivity index (χ1) is 21.5. The third-order valence-corrected chi connectivity index (χ3v) is 6.63. The van der Waals surface area contributed by atoms with Crippen molar-refractivity contribution in [2.24, 2.45) is 0 Å². The molecule has 0 aliphatic carbocycles. The van der Waals surface area contributed by atoms with E-state index in [1.54, 1.807) is 44.4 Å². The SMILES string of the molecule is COC(=O)NC(CCC=CC(=O)N(C)C)C(=O)Nc1cccn(Cc2nc3ccc(OCc4ccc(F)cc4F)cc3[nH]2)c1=O. The zero-order chi connectivity index (χ0) is 32.5. The lowest BCUT2D eigenvalue weighted by atomic mass is 10.1. The Balaban J connectivity index is 1.43. The van der Waals surface area contributed by atoms with E-state index in [1.807, 2.05) is 0 Å². The maximum absolute atomic E-state index is 13.9. The number of alkyl carbamates (subject to hydrolysis) is 1. The summed E-state index contributed by atoms with van der Waals surface area (Å²) in [6.45, 7) is -0.0574. The number of carbonyl (C=O) groups is 3. The minimum absolute atomic E-state index is 0.0164. The van der Waals surface area contributed by atoms with Crippen molar-refractivity contribution in [1.82, 2.24) is 24.8 Å². The van der Waals surface area contributed by atoms with Gasteiger partial charge in [0.15, 0.2) is 0 Å². The number of anilines is 1. The number of nitrogens with one attached hydrogen (secondary N) is 3. The monoisotopic (exact) mass is 622 g/mol. The number of imidazole rings is 1. The summed E-state index contributed by atoms with van der Waals surface area (Å²) < 4.78 is 38.7. The molecule has 45 heavy (non-hydrogen) atoms. The molecule has 4 rings (SSSR count). The minimum Gasteiger partial charge on any atom is -0.489 e. The fourth-order valence-electron chi connectivity index (χ4n) is 4.21. The zero-order valence-corrected chi connectivity index (χ0v) is 24.8. The van der Waals surface area contributed by atoms with Gasteiger partial charge in [0.2, 0.25) is 11.8 Å². The van der Waals surface area contributed by atoms with E-state index in [0.29, 0.717) is 29.0 Å². The Hall–Kier alpha value is -5.53. The van der Waals surface area contributed by atoms with E-state index in [1.165, 1.54) is 33.9 Å². The number of methoxy groups -OCH3 is 1. The van der Waals surface area contributed by atoms with Crippen LogP contribution in [0.4, 0.5) is 19.3 Å². The van der Waals surface area contributed by atoms with E-state index in [-0.39, 0.29) is 36.7 Å². The first-order valence-electron chi connectivity index (χ1n) is 13.8. The van der Waals surface area contributed by atoms with Gasteiger partial charge in [0.1, 0.15) is 41.5 Å². The molecule has 3 amide bonds. The standard InChI is InChI=1S/C31H32F2N6O6/c1-38(2)28(40)9-5-4-7-24(37-31(43)44-3)29(41)36-25-8-6-14-39(30(25)42)17-27-34-23-13-12-21(16-26(23)35-27)45-18-19-10-11-20(32)15-22(19)33/h5-6,8-16,24H,4,7,17-18H2,1-3H3,(H,34,35)(H,36,41)(H,37,43). The van der Waals surface area contributed by atoms with Gasteiger partial charge in [-0.3, -0.25) is 14.4 Å². The molecule has 2 aromatic carbocycles. The second-order valence-electron chi connectivity index (χ2n) is 10.1. The first-order valence-corrected chi connectivity index (χ1v) is 13.8. The normalized spacial score (nSPS) is 11.8. The molecule has 0 fully saturated rings. The van der Waals surface area contributed by atoms with Crippen LogP contribution in [0.3, 0.4) is 0 Å². The van der Waals surface area contributed by atoms with Gasteiger partial charge in [-0.25, -0.2) is 18.6 Å². The number of carbonyl (C=O) groups excluding carboxylic acids is 3. The summed E-state index contributed by atoms with van der Waals surface area (Å²) in [6.07, 6.45) is 4.10. The zero-order valence-electron chi connectivity index (χ0n) is 24.8. The number of benzene rings is 2. The van der Waals surface area contributed by atoms with Gasteiger partial charge in [-0.2, -0.15) is 0 Å². The molecule has 0 radical (unpaired) electrons. The molecule has 14 heteroatoms. The largest absolute Gasteiger partial charge is 0.489 e. The Kier molecular flexibility index (Phi) is 10.6. The van der Waals surface area contributed by atoms with Gasteiger partial charge in [-0.15, -0.1) is 0 Å². The Bertz CT molecular complexity index is 1780. The second kappa shape index (κ2) is 14.8. The molecule has 0 bridgehead atoms. The van der Waals surface area contributed by atoms with E-state index in [9.17, 15) is 28.0 Å². The summed E-state index contributed by atoms with van der Waals surface area (Å²) in [5, 5.41) is 5.01. The van der Waals surface area contributed by atoms with Crippen molar-refractivity contribution in [3.63, 3.8) is 0 Å². The molecule has 0 spiro atoms. The van der Waals surface area contributed by atoms with Gasteiger partial charge in [0.25, 0.3) is 5.56 Å². The van der Waals surface area contributed by atoms with Crippen LogP contribution in [0.2, 0.25) is 0 Å². The highest BCUT2D eigenvalue weighted by atomic mass is 19.1. The number of likely N-dealkylation sites (N-methyl/N-ethyl adjacent to an activating group) is 1. The number of rotatable bonds is 12. The Labute approximate surface area is 256 Å². The molecule has 1 atom stereocenters. The number of ether oxygens (including phenoxy) is 2. The van der Waals surface area contributed by atoms with E-state index in [2.05, 4.69) is 25.3 Å². The molecule has 0 aliphatic heterocycles. The van der Waals surface area contributed by atoms with Gasteiger partial charge in [0, 0.05) is 38.0 Å². The predicted molar refractivity (Wildman–Crippen MR) is 162 cm³/mol. The molecule has 3 N–H and O–H groups in total. The molecular formula is C31H32F2N6O6. The Morgan fingerprint density at radius 2 is 1.93 bits per heavy atom. The average Bonchev–Trinajstić information content (AvgIpc) is 3.41. The summed E-state index contributed by atoms with van der Waals surface area (Å²) in [7, 11) is 4.38. The van der Waals surface area contributed by atoms with Crippen molar-refractivity contribution >= 4 is 34.6 Å². The van der Waals surface area contributed by atoms with Gasteiger partial charge in [-0.1, -0.05) is 6.08 Å². The average molecular weight is 623 g/mol. The van der Waals surface area contributed by atoms with Gasteiger partial charge in [-0.05, 0) is 55.3 Å². The van der Waals surface area contributed by atoms with Crippen LogP contribution in [-0.2, 0) is 27.5 Å². The molecule has 0 saturated carbocycles. The van der Waals surface area contributed by atoms with Gasteiger partial charge < -0.3 is 34.6 Å². The van der Waals surface area contributed by atoms with E-state index in [0.717, 1.165) is 19.2 Å². The lowest BCUT2D eigenvalue weighted by Crippen LogP contribution is -2.44. The number of aromatic nitrogens is 3. The van der Waals surface area contributed by atoms with Crippen molar-refractivity contribution in [1.29, 1.82) is 0 Å². The fraction of sp³-hybridized carbons (Fsp3) is 0.258. The number of allylic oxidation sites excluding steroid dienone is 1. The third-order valence-electron chi connectivity index (χ3n) is 6.63. The third kappa shape index (κ3) is 8.75. The van der Waals surface area contributed by atoms with Crippen molar-refractivity contribution in [3.8, 4) is 5.75 Å².